The van der Waals surface area contributed by atoms with Crippen molar-refractivity contribution in [1.29, 1.82) is 0 Å². The number of nitrogens with zero attached hydrogens (tertiary/aromatic N) is 2. The molecule has 0 radical (unpaired) electrons. The molecule has 2 heterocycles. The average Bonchev–Trinajstić information content (AvgIpc) is 3.18. The van der Waals surface area contributed by atoms with E-state index in [2.05, 4.69) is 42.6 Å². The molecular formula is C24H32N2O3S. The Labute approximate surface area is 183 Å². The highest BCUT2D eigenvalue weighted by molar-refractivity contribution is 7.10. The molecule has 30 heavy (non-hydrogen) atoms. The van der Waals surface area contributed by atoms with Crippen molar-refractivity contribution in [3.05, 3.63) is 57.3 Å². The first kappa shape index (κ1) is 22.5. The van der Waals surface area contributed by atoms with Crippen LogP contribution < -0.4 is 0 Å². The normalized spacial score (nSPS) is 16.3. The number of aryl methyl sites for hydroxylation is 1. The maximum Gasteiger partial charge on any atom is 0.242 e. The fourth-order valence-corrected chi connectivity index (χ4v) is 4.78. The molecule has 2 amide bonds. The standard InChI is InChI=1S/C24H32N2O3S/c1-17-6-8-18(9-7-17)22-19-11-15-30-20(19)10-12-26(22)21(27)16-25(13-14-29-5)23(28)24(2,3)4/h6-9,11,15,22H,10,12-14,16H2,1-5H3/t22-/m1/s1. The third-order valence-electron chi connectivity index (χ3n) is 5.50. The number of amides is 2. The zero-order valence-electron chi connectivity index (χ0n) is 18.6. The summed E-state index contributed by atoms with van der Waals surface area (Å²) in [5, 5.41) is 2.11. The molecule has 0 N–H and O–H groups in total. The number of thiophene rings is 1. The van der Waals surface area contributed by atoms with Crippen molar-refractivity contribution < 1.29 is 14.3 Å². The molecular weight excluding hydrogens is 396 g/mol. The third kappa shape index (κ3) is 4.93. The molecule has 0 spiro atoms. The minimum atomic E-state index is -0.549. The Morgan fingerprint density at radius 2 is 1.90 bits per heavy atom. The van der Waals surface area contributed by atoms with Crippen molar-refractivity contribution in [3.8, 4) is 0 Å². The fourth-order valence-electron chi connectivity index (χ4n) is 3.88. The molecule has 0 fully saturated rings. The molecule has 3 rings (SSSR count). The van der Waals surface area contributed by atoms with Crippen LogP contribution >= 0.6 is 11.3 Å². The van der Waals surface area contributed by atoms with Gasteiger partial charge in [-0.2, -0.15) is 0 Å². The van der Waals surface area contributed by atoms with Gasteiger partial charge in [0, 0.05) is 30.5 Å². The zero-order chi connectivity index (χ0) is 21.9. The highest BCUT2D eigenvalue weighted by Gasteiger charge is 2.35. The SMILES string of the molecule is COCCN(CC(=O)N1CCc2sccc2[C@H]1c1ccc(C)cc1)C(=O)C(C)(C)C. The van der Waals surface area contributed by atoms with E-state index in [-0.39, 0.29) is 24.4 Å². The summed E-state index contributed by atoms with van der Waals surface area (Å²) in [7, 11) is 1.61. The number of fused-ring (bicyclic) bond motifs is 1. The van der Waals surface area contributed by atoms with Gasteiger partial charge in [-0.05, 0) is 35.9 Å². The number of hydrogen-bond donors (Lipinski definition) is 0. The summed E-state index contributed by atoms with van der Waals surface area (Å²) in [6.07, 6.45) is 0.854. The number of ether oxygens (including phenoxy) is 1. The molecule has 162 valence electrons. The summed E-state index contributed by atoms with van der Waals surface area (Å²) < 4.78 is 5.18. The van der Waals surface area contributed by atoms with Crippen LogP contribution in [0.15, 0.2) is 35.7 Å². The van der Waals surface area contributed by atoms with Gasteiger partial charge in [0.05, 0.1) is 19.2 Å². The molecule has 5 nitrogen and oxygen atoms in total. The van der Waals surface area contributed by atoms with E-state index in [0.717, 1.165) is 12.0 Å². The van der Waals surface area contributed by atoms with E-state index in [9.17, 15) is 9.59 Å². The Hall–Kier alpha value is -2.18. The van der Waals surface area contributed by atoms with Crippen molar-refractivity contribution in [2.45, 2.75) is 40.2 Å². The monoisotopic (exact) mass is 428 g/mol. The summed E-state index contributed by atoms with van der Waals surface area (Å²) >= 11 is 1.75. The van der Waals surface area contributed by atoms with Gasteiger partial charge in [0.1, 0.15) is 0 Å². The topological polar surface area (TPSA) is 49.9 Å². The summed E-state index contributed by atoms with van der Waals surface area (Å²) in [4.78, 5) is 31.3. The van der Waals surface area contributed by atoms with E-state index >= 15 is 0 Å². The van der Waals surface area contributed by atoms with Gasteiger partial charge in [-0.15, -0.1) is 11.3 Å². The Morgan fingerprint density at radius 1 is 1.20 bits per heavy atom. The van der Waals surface area contributed by atoms with Crippen molar-refractivity contribution in [1.82, 2.24) is 9.80 Å². The summed E-state index contributed by atoms with van der Waals surface area (Å²) in [6.45, 7) is 9.26. The molecule has 0 unspecified atom stereocenters. The van der Waals surface area contributed by atoms with Gasteiger partial charge in [0.25, 0.3) is 0 Å². The lowest BCUT2D eigenvalue weighted by molar-refractivity contribution is -0.147. The molecule has 0 saturated heterocycles. The average molecular weight is 429 g/mol. The van der Waals surface area contributed by atoms with E-state index < -0.39 is 5.41 Å². The molecule has 1 aromatic carbocycles. The second-order valence-electron chi connectivity index (χ2n) is 8.92. The van der Waals surface area contributed by atoms with Crippen molar-refractivity contribution in [2.75, 3.05) is 33.4 Å². The zero-order valence-corrected chi connectivity index (χ0v) is 19.4. The van der Waals surface area contributed by atoms with Crippen LogP contribution in [0.25, 0.3) is 0 Å². The van der Waals surface area contributed by atoms with E-state index in [4.69, 9.17) is 4.74 Å². The molecule has 0 aliphatic carbocycles. The Kier molecular flexibility index (Phi) is 6.98. The van der Waals surface area contributed by atoms with Crippen LogP contribution in [-0.2, 0) is 20.7 Å². The minimum Gasteiger partial charge on any atom is -0.383 e. The lowest BCUT2D eigenvalue weighted by Crippen LogP contribution is -2.49. The molecule has 6 heteroatoms. The number of methoxy groups -OCH3 is 1. The van der Waals surface area contributed by atoms with Crippen molar-refractivity contribution >= 4 is 23.2 Å². The van der Waals surface area contributed by atoms with E-state index in [0.29, 0.717) is 19.7 Å². The van der Waals surface area contributed by atoms with Gasteiger partial charge in [-0.3, -0.25) is 9.59 Å². The first-order valence-corrected chi connectivity index (χ1v) is 11.3. The van der Waals surface area contributed by atoms with Crippen molar-refractivity contribution in [2.24, 2.45) is 5.41 Å². The molecule has 0 bridgehead atoms. The lowest BCUT2D eigenvalue weighted by Gasteiger charge is -2.38. The van der Waals surface area contributed by atoms with E-state index in [1.54, 1.807) is 23.3 Å². The Balaban J connectivity index is 1.88. The smallest absolute Gasteiger partial charge is 0.242 e. The van der Waals surface area contributed by atoms with Crippen LogP contribution in [0, 0.1) is 12.3 Å². The van der Waals surface area contributed by atoms with Gasteiger partial charge in [-0.25, -0.2) is 0 Å². The predicted octanol–water partition coefficient (Wildman–Crippen LogP) is 4.05. The molecule has 2 aromatic rings. The van der Waals surface area contributed by atoms with Crippen LogP contribution in [0.3, 0.4) is 0 Å². The van der Waals surface area contributed by atoms with Crippen LogP contribution in [0.1, 0.15) is 48.4 Å². The number of hydrogen-bond acceptors (Lipinski definition) is 4. The number of rotatable bonds is 6. The second-order valence-corrected chi connectivity index (χ2v) is 9.92. The van der Waals surface area contributed by atoms with Crippen LogP contribution in [0.4, 0.5) is 0 Å². The Bertz CT molecular complexity index is 883. The first-order chi connectivity index (χ1) is 14.2. The van der Waals surface area contributed by atoms with Crippen LogP contribution in [0.5, 0.6) is 0 Å². The van der Waals surface area contributed by atoms with Crippen molar-refractivity contribution in [3.63, 3.8) is 0 Å². The second kappa shape index (κ2) is 9.31. The van der Waals surface area contributed by atoms with Gasteiger partial charge in [-0.1, -0.05) is 50.6 Å². The maximum absolute atomic E-state index is 13.5. The Morgan fingerprint density at radius 3 is 2.53 bits per heavy atom. The largest absolute Gasteiger partial charge is 0.383 e. The summed E-state index contributed by atoms with van der Waals surface area (Å²) in [5.41, 5.74) is 2.96. The lowest BCUT2D eigenvalue weighted by atomic mass is 9.92. The molecule has 1 aliphatic rings. The van der Waals surface area contributed by atoms with E-state index in [1.165, 1.54) is 16.0 Å². The van der Waals surface area contributed by atoms with Gasteiger partial charge >= 0.3 is 0 Å². The van der Waals surface area contributed by atoms with Gasteiger partial charge in [0.2, 0.25) is 11.8 Å². The first-order valence-electron chi connectivity index (χ1n) is 10.4. The summed E-state index contributed by atoms with van der Waals surface area (Å²) in [5.74, 6) is -0.0563. The molecule has 1 aromatic heterocycles. The summed E-state index contributed by atoms with van der Waals surface area (Å²) in [6, 6.07) is 10.4. The van der Waals surface area contributed by atoms with Gasteiger partial charge < -0.3 is 14.5 Å². The quantitative estimate of drug-likeness (QED) is 0.697. The van der Waals surface area contributed by atoms with Crippen LogP contribution in [0.2, 0.25) is 0 Å². The van der Waals surface area contributed by atoms with Gasteiger partial charge in [0.15, 0.2) is 0 Å². The highest BCUT2D eigenvalue weighted by atomic mass is 32.1. The molecule has 1 atom stereocenters. The number of benzene rings is 1. The fraction of sp³-hybridized carbons (Fsp3) is 0.500. The van der Waals surface area contributed by atoms with Crippen LogP contribution in [-0.4, -0.2) is 55.0 Å². The predicted molar refractivity (Wildman–Crippen MR) is 121 cm³/mol. The number of carbonyl (C=O) groups excluding carboxylic acids is 2. The maximum atomic E-state index is 13.5. The third-order valence-corrected chi connectivity index (χ3v) is 6.50. The van der Waals surface area contributed by atoms with E-state index in [1.807, 2.05) is 25.7 Å². The molecule has 0 saturated carbocycles. The molecule has 1 aliphatic heterocycles. The minimum absolute atomic E-state index is 0.0221. The highest BCUT2D eigenvalue weighted by Crippen LogP contribution is 2.38. The number of carbonyl (C=O) groups is 2.